The van der Waals surface area contributed by atoms with Crippen LogP contribution in [0.25, 0.3) is 0 Å². The van der Waals surface area contributed by atoms with Crippen molar-refractivity contribution < 1.29 is 4.79 Å². The molecule has 0 unspecified atom stereocenters. The normalized spacial score (nSPS) is 16.0. The van der Waals surface area contributed by atoms with E-state index in [9.17, 15) is 4.79 Å². The summed E-state index contributed by atoms with van der Waals surface area (Å²) in [5.74, 6) is 0.729. The molecule has 3 aromatic rings. The summed E-state index contributed by atoms with van der Waals surface area (Å²) >= 11 is 0. The van der Waals surface area contributed by atoms with E-state index in [2.05, 4.69) is 25.0 Å². The van der Waals surface area contributed by atoms with Gasteiger partial charge in [-0.15, -0.1) is 0 Å². The van der Waals surface area contributed by atoms with Gasteiger partial charge in [-0.3, -0.25) is 14.5 Å². The largest absolute Gasteiger partial charge is 0.340 e. The average Bonchev–Trinajstić information content (AvgIpc) is 3.18. The van der Waals surface area contributed by atoms with E-state index in [1.807, 2.05) is 36.0 Å². The summed E-state index contributed by atoms with van der Waals surface area (Å²) in [6.45, 7) is 1.81. The van der Waals surface area contributed by atoms with Crippen molar-refractivity contribution in [1.29, 1.82) is 0 Å². The van der Waals surface area contributed by atoms with Crippen LogP contribution in [0.5, 0.6) is 0 Å². The Morgan fingerprint density at radius 1 is 1.11 bits per heavy atom. The van der Waals surface area contributed by atoms with Crippen molar-refractivity contribution in [1.82, 2.24) is 29.6 Å². The highest BCUT2D eigenvalue weighted by Gasteiger charge is 2.29. The third-order valence-corrected chi connectivity index (χ3v) is 4.68. The molecule has 4 rings (SSSR count). The molecule has 0 fully saturated rings. The maximum atomic E-state index is 12.8. The van der Waals surface area contributed by atoms with Crippen molar-refractivity contribution in [2.45, 2.75) is 25.6 Å². The van der Waals surface area contributed by atoms with E-state index < -0.39 is 0 Å². The first-order valence-corrected chi connectivity index (χ1v) is 8.89. The van der Waals surface area contributed by atoms with E-state index in [0.29, 0.717) is 32.0 Å². The van der Waals surface area contributed by atoms with Crippen LogP contribution in [0.15, 0.2) is 55.1 Å². The molecule has 1 amide bonds. The van der Waals surface area contributed by atoms with Gasteiger partial charge in [0, 0.05) is 38.4 Å². The standard InChI is InChI=1S/C19H21N7O/c1-24(12-15-5-2-3-7-20-15)18(27)11-17-14-25(19-21-8-4-9-22-19)13-16-6-10-23-26(16)17/h2-10,17H,11-14H2,1H3/t17-/m0/s1. The molecular weight excluding hydrogens is 342 g/mol. The quantitative estimate of drug-likeness (QED) is 0.686. The summed E-state index contributed by atoms with van der Waals surface area (Å²) in [5.41, 5.74) is 1.93. The Morgan fingerprint density at radius 2 is 1.93 bits per heavy atom. The number of rotatable bonds is 5. The molecule has 1 atom stereocenters. The molecule has 0 radical (unpaired) electrons. The van der Waals surface area contributed by atoms with Gasteiger partial charge in [-0.05, 0) is 24.3 Å². The number of carbonyl (C=O) groups is 1. The fraction of sp³-hybridized carbons (Fsp3) is 0.316. The minimum absolute atomic E-state index is 0.0583. The molecule has 27 heavy (non-hydrogen) atoms. The number of carbonyl (C=O) groups excluding carboxylic acids is 1. The van der Waals surface area contributed by atoms with Crippen LogP contribution in [-0.4, -0.2) is 49.1 Å². The van der Waals surface area contributed by atoms with Crippen molar-refractivity contribution in [3.63, 3.8) is 0 Å². The van der Waals surface area contributed by atoms with Crippen molar-refractivity contribution in [3.05, 3.63) is 66.5 Å². The summed E-state index contributed by atoms with van der Waals surface area (Å²) in [7, 11) is 1.81. The molecule has 0 bridgehead atoms. The fourth-order valence-corrected chi connectivity index (χ4v) is 3.33. The maximum Gasteiger partial charge on any atom is 0.225 e. The minimum atomic E-state index is -0.0637. The molecule has 8 nitrogen and oxygen atoms in total. The molecule has 0 saturated carbocycles. The van der Waals surface area contributed by atoms with Gasteiger partial charge in [0.1, 0.15) is 0 Å². The predicted molar refractivity (Wildman–Crippen MR) is 99.7 cm³/mol. The van der Waals surface area contributed by atoms with Crippen LogP contribution in [-0.2, 0) is 17.9 Å². The molecule has 1 aliphatic heterocycles. The minimum Gasteiger partial charge on any atom is -0.340 e. The fourth-order valence-electron chi connectivity index (χ4n) is 3.33. The first-order valence-electron chi connectivity index (χ1n) is 8.89. The molecule has 1 aliphatic rings. The van der Waals surface area contributed by atoms with Crippen LogP contribution in [0.2, 0.25) is 0 Å². The topological polar surface area (TPSA) is 80.0 Å². The lowest BCUT2D eigenvalue weighted by atomic mass is 10.1. The number of nitrogens with zero attached hydrogens (tertiary/aromatic N) is 7. The van der Waals surface area contributed by atoms with Crippen molar-refractivity contribution in [2.75, 3.05) is 18.5 Å². The zero-order valence-corrected chi connectivity index (χ0v) is 15.1. The molecule has 138 valence electrons. The Kier molecular flexibility index (Phi) is 4.78. The lowest BCUT2D eigenvalue weighted by Gasteiger charge is -2.34. The van der Waals surface area contributed by atoms with E-state index in [1.54, 1.807) is 35.8 Å². The Hall–Kier alpha value is -3.29. The Balaban J connectivity index is 1.48. The maximum absolute atomic E-state index is 12.8. The third kappa shape index (κ3) is 3.79. The lowest BCUT2D eigenvalue weighted by molar-refractivity contribution is -0.131. The zero-order chi connectivity index (χ0) is 18.6. The summed E-state index contributed by atoms with van der Waals surface area (Å²) in [5, 5.41) is 4.43. The molecule has 4 heterocycles. The van der Waals surface area contributed by atoms with Crippen LogP contribution < -0.4 is 4.90 Å². The summed E-state index contributed by atoms with van der Waals surface area (Å²) in [4.78, 5) is 29.6. The van der Waals surface area contributed by atoms with Gasteiger partial charge in [0.15, 0.2) is 0 Å². The summed E-state index contributed by atoms with van der Waals surface area (Å²) < 4.78 is 1.95. The zero-order valence-electron chi connectivity index (χ0n) is 15.1. The number of hydrogen-bond donors (Lipinski definition) is 0. The highest BCUT2D eigenvalue weighted by Crippen LogP contribution is 2.26. The lowest BCUT2D eigenvalue weighted by Crippen LogP contribution is -2.41. The number of hydrogen-bond acceptors (Lipinski definition) is 6. The van der Waals surface area contributed by atoms with Gasteiger partial charge in [0.05, 0.1) is 36.9 Å². The van der Waals surface area contributed by atoms with Gasteiger partial charge in [0.2, 0.25) is 11.9 Å². The second-order valence-corrected chi connectivity index (χ2v) is 6.63. The van der Waals surface area contributed by atoms with Gasteiger partial charge < -0.3 is 9.80 Å². The van der Waals surface area contributed by atoms with Crippen LogP contribution in [0.1, 0.15) is 23.9 Å². The van der Waals surface area contributed by atoms with E-state index in [-0.39, 0.29) is 11.9 Å². The van der Waals surface area contributed by atoms with E-state index in [4.69, 9.17) is 0 Å². The van der Waals surface area contributed by atoms with Crippen molar-refractivity contribution >= 4 is 11.9 Å². The molecule has 3 aromatic heterocycles. The SMILES string of the molecule is CN(Cc1ccccn1)C(=O)C[C@H]1CN(c2ncccn2)Cc2ccnn21. The monoisotopic (exact) mass is 363 g/mol. The van der Waals surface area contributed by atoms with Gasteiger partial charge in [-0.25, -0.2) is 9.97 Å². The molecular formula is C19H21N7O. The van der Waals surface area contributed by atoms with Crippen LogP contribution in [0.4, 0.5) is 5.95 Å². The number of aromatic nitrogens is 5. The molecule has 0 aliphatic carbocycles. The first-order chi connectivity index (χ1) is 13.2. The second kappa shape index (κ2) is 7.53. The Morgan fingerprint density at radius 3 is 2.70 bits per heavy atom. The molecule has 0 spiro atoms. The molecule has 0 N–H and O–H groups in total. The van der Waals surface area contributed by atoms with E-state index >= 15 is 0 Å². The Bertz CT molecular complexity index is 897. The smallest absolute Gasteiger partial charge is 0.225 e. The number of anilines is 1. The third-order valence-electron chi connectivity index (χ3n) is 4.68. The second-order valence-electron chi connectivity index (χ2n) is 6.63. The van der Waals surface area contributed by atoms with Crippen LogP contribution in [0.3, 0.4) is 0 Å². The van der Waals surface area contributed by atoms with Crippen LogP contribution in [0, 0.1) is 0 Å². The molecule has 0 aromatic carbocycles. The van der Waals surface area contributed by atoms with Crippen molar-refractivity contribution in [2.24, 2.45) is 0 Å². The molecule has 0 saturated heterocycles. The van der Waals surface area contributed by atoms with Gasteiger partial charge in [0.25, 0.3) is 0 Å². The van der Waals surface area contributed by atoms with E-state index in [0.717, 1.165) is 11.4 Å². The number of pyridine rings is 1. The van der Waals surface area contributed by atoms with Gasteiger partial charge >= 0.3 is 0 Å². The predicted octanol–water partition coefficient (Wildman–Crippen LogP) is 1.68. The average molecular weight is 363 g/mol. The summed E-state index contributed by atoms with van der Waals surface area (Å²) in [6.07, 6.45) is 7.34. The van der Waals surface area contributed by atoms with Crippen LogP contribution >= 0.6 is 0 Å². The number of amides is 1. The van der Waals surface area contributed by atoms with Crippen molar-refractivity contribution in [3.8, 4) is 0 Å². The summed E-state index contributed by atoms with van der Waals surface area (Å²) in [6, 6.07) is 9.42. The highest BCUT2D eigenvalue weighted by atomic mass is 16.2. The first kappa shape index (κ1) is 17.1. The molecule has 8 heteroatoms. The van der Waals surface area contributed by atoms with Gasteiger partial charge in [-0.2, -0.15) is 5.10 Å². The van der Waals surface area contributed by atoms with Gasteiger partial charge in [-0.1, -0.05) is 6.07 Å². The number of fused-ring (bicyclic) bond motifs is 1. The van der Waals surface area contributed by atoms with E-state index in [1.165, 1.54) is 0 Å². The highest BCUT2D eigenvalue weighted by molar-refractivity contribution is 5.76. The Labute approximate surface area is 157 Å².